The van der Waals surface area contributed by atoms with E-state index >= 15 is 0 Å². The Morgan fingerprint density at radius 3 is 2.38 bits per heavy atom. The predicted octanol–water partition coefficient (Wildman–Crippen LogP) is 1.53. The first-order valence-corrected chi connectivity index (χ1v) is 6.90. The molecule has 2 rings (SSSR count). The Balaban J connectivity index is 2.11. The SMILES string of the molecule is CNC(=O)NC(=O)[C@H](OC(=O)C1CCC1)c1ccccc1. The quantitative estimate of drug-likeness (QED) is 0.824. The fourth-order valence-electron chi connectivity index (χ4n) is 2.00. The van der Waals surface area contributed by atoms with Crippen molar-refractivity contribution < 1.29 is 19.1 Å². The molecule has 1 aliphatic carbocycles. The van der Waals surface area contributed by atoms with Crippen LogP contribution in [0.5, 0.6) is 0 Å². The number of hydrogen-bond acceptors (Lipinski definition) is 4. The van der Waals surface area contributed by atoms with Crippen molar-refractivity contribution in [2.45, 2.75) is 25.4 Å². The van der Waals surface area contributed by atoms with Crippen LogP contribution < -0.4 is 10.6 Å². The van der Waals surface area contributed by atoms with E-state index in [1.54, 1.807) is 30.3 Å². The molecule has 1 saturated carbocycles. The average molecular weight is 290 g/mol. The van der Waals surface area contributed by atoms with E-state index < -0.39 is 18.0 Å². The summed E-state index contributed by atoms with van der Waals surface area (Å²) in [6, 6.07) is 8.01. The molecule has 0 spiro atoms. The summed E-state index contributed by atoms with van der Waals surface area (Å²) in [6.45, 7) is 0. The lowest BCUT2D eigenvalue weighted by Gasteiger charge is -2.26. The Morgan fingerprint density at radius 1 is 1.19 bits per heavy atom. The number of rotatable bonds is 4. The van der Waals surface area contributed by atoms with Gasteiger partial charge in [0.2, 0.25) is 6.10 Å². The number of amides is 3. The topological polar surface area (TPSA) is 84.5 Å². The number of esters is 1. The largest absolute Gasteiger partial charge is 0.447 e. The highest BCUT2D eigenvalue weighted by molar-refractivity contribution is 5.97. The molecule has 1 aliphatic rings. The number of ether oxygens (including phenoxy) is 1. The van der Waals surface area contributed by atoms with Gasteiger partial charge in [-0.3, -0.25) is 14.9 Å². The van der Waals surface area contributed by atoms with Crippen molar-refractivity contribution in [1.29, 1.82) is 0 Å². The molecule has 1 atom stereocenters. The summed E-state index contributed by atoms with van der Waals surface area (Å²) in [5, 5.41) is 4.43. The van der Waals surface area contributed by atoms with E-state index in [1.807, 2.05) is 0 Å². The number of carbonyl (C=O) groups excluding carboxylic acids is 3. The summed E-state index contributed by atoms with van der Waals surface area (Å²) in [6.07, 6.45) is 1.46. The molecule has 0 heterocycles. The molecular formula is C15H18N2O4. The van der Waals surface area contributed by atoms with Gasteiger partial charge in [-0.15, -0.1) is 0 Å². The minimum absolute atomic E-state index is 0.135. The molecule has 0 aromatic heterocycles. The van der Waals surface area contributed by atoms with Crippen LogP contribution in [0.1, 0.15) is 30.9 Å². The number of hydrogen-bond donors (Lipinski definition) is 2. The zero-order chi connectivity index (χ0) is 15.2. The molecule has 21 heavy (non-hydrogen) atoms. The molecule has 3 amide bonds. The van der Waals surface area contributed by atoms with Gasteiger partial charge in [0.15, 0.2) is 0 Å². The number of carbonyl (C=O) groups is 3. The van der Waals surface area contributed by atoms with Gasteiger partial charge in [-0.05, 0) is 12.8 Å². The first-order chi connectivity index (χ1) is 10.1. The predicted molar refractivity (Wildman–Crippen MR) is 75.2 cm³/mol. The Morgan fingerprint density at radius 2 is 1.86 bits per heavy atom. The highest BCUT2D eigenvalue weighted by Gasteiger charge is 2.32. The van der Waals surface area contributed by atoms with Crippen LogP contribution >= 0.6 is 0 Å². The molecule has 6 heteroatoms. The smallest absolute Gasteiger partial charge is 0.321 e. The molecule has 0 aliphatic heterocycles. The van der Waals surface area contributed by atoms with Gasteiger partial charge in [-0.1, -0.05) is 36.8 Å². The Hall–Kier alpha value is -2.37. The summed E-state index contributed by atoms with van der Waals surface area (Å²) < 4.78 is 5.32. The van der Waals surface area contributed by atoms with E-state index in [-0.39, 0.29) is 11.9 Å². The van der Waals surface area contributed by atoms with Crippen LogP contribution in [0.4, 0.5) is 4.79 Å². The highest BCUT2D eigenvalue weighted by Crippen LogP contribution is 2.30. The van der Waals surface area contributed by atoms with Gasteiger partial charge < -0.3 is 10.1 Å². The van der Waals surface area contributed by atoms with Gasteiger partial charge in [-0.25, -0.2) is 4.79 Å². The molecule has 2 N–H and O–H groups in total. The molecule has 0 radical (unpaired) electrons. The standard InChI is InChI=1S/C15H18N2O4/c1-16-15(20)17-13(18)12(10-6-3-2-4-7-10)21-14(19)11-8-5-9-11/h2-4,6-7,11-12H,5,8-9H2,1H3,(H2,16,17,18,20)/t12-/m1/s1. The molecule has 112 valence electrons. The van der Waals surface area contributed by atoms with Gasteiger partial charge in [0.1, 0.15) is 0 Å². The van der Waals surface area contributed by atoms with Gasteiger partial charge in [0.25, 0.3) is 5.91 Å². The fourth-order valence-corrected chi connectivity index (χ4v) is 2.00. The van der Waals surface area contributed by atoms with E-state index in [0.717, 1.165) is 19.3 Å². The molecule has 6 nitrogen and oxygen atoms in total. The maximum Gasteiger partial charge on any atom is 0.321 e. The van der Waals surface area contributed by atoms with Gasteiger partial charge in [-0.2, -0.15) is 0 Å². The lowest BCUT2D eigenvalue weighted by molar-refractivity contribution is -0.162. The normalized spacial score (nSPS) is 15.5. The average Bonchev–Trinajstić information content (AvgIpc) is 2.43. The second-order valence-corrected chi connectivity index (χ2v) is 4.92. The Bertz CT molecular complexity index is 526. The second-order valence-electron chi connectivity index (χ2n) is 4.92. The van der Waals surface area contributed by atoms with E-state index in [9.17, 15) is 14.4 Å². The summed E-state index contributed by atoms with van der Waals surface area (Å²) in [5.41, 5.74) is 0.534. The molecule has 0 bridgehead atoms. The van der Waals surface area contributed by atoms with E-state index in [4.69, 9.17) is 4.74 Å². The highest BCUT2D eigenvalue weighted by atomic mass is 16.5. The van der Waals surface area contributed by atoms with E-state index in [2.05, 4.69) is 10.6 Å². The van der Waals surface area contributed by atoms with Crippen molar-refractivity contribution in [2.75, 3.05) is 7.05 Å². The van der Waals surface area contributed by atoms with Crippen LogP contribution in [0.25, 0.3) is 0 Å². The number of benzene rings is 1. The summed E-state index contributed by atoms with van der Waals surface area (Å²) in [4.78, 5) is 35.4. The maximum atomic E-state index is 12.1. The molecule has 1 aromatic carbocycles. The van der Waals surface area contributed by atoms with Crippen molar-refractivity contribution in [3.63, 3.8) is 0 Å². The van der Waals surface area contributed by atoms with Crippen molar-refractivity contribution in [3.8, 4) is 0 Å². The third kappa shape index (κ3) is 3.81. The number of nitrogens with one attached hydrogen (secondary N) is 2. The second kappa shape index (κ2) is 6.88. The Kier molecular flexibility index (Phi) is 4.92. The van der Waals surface area contributed by atoms with Crippen LogP contribution in [-0.2, 0) is 14.3 Å². The van der Waals surface area contributed by atoms with Gasteiger partial charge >= 0.3 is 12.0 Å². The zero-order valence-electron chi connectivity index (χ0n) is 11.8. The lowest BCUT2D eigenvalue weighted by Crippen LogP contribution is -2.42. The lowest BCUT2D eigenvalue weighted by atomic mass is 9.85. The van der Waals surface area contributed by atoms with Crippen LogP contribution in [0.15, 0.2) is 30.3 Å². The molecule has 1 fully saturated rings. The van der Waals surface area contributed by atoms with E-state index in [0.29, 0.717) is 5.56 Å². The van der Waals surface area contributed by atoms with E-state index in [1.165, 1.54) is 7.05 Å². The van der Waals surface area contributed by atoms with Crippen molar-refractivity contribution in [2.24, 2.45) is 5.92 Å². The van der Waals surface area contributed by atoms with Crippen LogP contribution in [0.2, 0.25) is 0 Å². The van der Waals surface area contributed by atoms with Gasteiger partial charge in [0, 0.05) is 12.6 Å². The number of urea groups is 1. The first kappa shape index (κ1) is 15.0. The third-order valence-electron chi connectivity index (χ3n) is 3.48. The summed E-state index contributed by atoms with van der Waals surface area (Å²) in [7, 11) is 1.40. The Labute approximate surface area is 122 Å². The summed E-state index contributed by atoms with van der Waals surface area (Å²) in [5.74, 6) is -1.18. The zero-order valence-corrected chi connectivity index (χ0v) is 11.8. The monoisotopic (exact) mass is 290 g/mol. The van der Waals surface area contributed by atoms with Crippen LogP contribution in [0.3, 0.4) is 0 Å². The van der Waals surface area contributed by atoms with Crippen molar-refractivity contribution in [1.82, 2.24) is 10.6 Å². The minimum atomic E-state index is -1.11. The summed E-state index contributed by atoms with van der Waals surface area (Å²) >= 11 is 0. The van der Waals surface area contributed by atoms with Crippen molar-refractivity contribution in [3.05, 3.63) is 35.9 Å². The molecule has 1 aromatic rings. The first-order valence-electron chi connectivity index (χ1n) is 6.90. The third-order valence-corrected chi connectivity index (χ3v) is 3.48. The van der Waals surface area contributed by atoms with Gasteiger partial charge in [0.05, 0.1) is 5.92 Å². The van der Waals surface area contributed by atoms with Crippen LogP contribution in [0, 0.1) is 5.92 Å². The van der Waals surface area contributed by atoms with Crippen molar-refractivity contribution >= 4 is 17.9 Å². The number of imide groups is 1. The molecule has 0 unspecified atom stereocenters. The minimum Gasteiger partial charge on any atom is -0.447 e. The maximum absolute atomic E-state index is 12.1. The van der Waals surface area contributed by atoms with Crippen LogP contribution in [-0.4, -0.2) is 25.0 Å². The molecule has 0 saturated heterocycles. The fraction of sp³-hybridized carbons (Fsp3) is 0.400. The molecular weight excluding hydrogens is 272 g/mol.